The molecule has 1 aliphatic rings. The third-order valence-electron chi connectivity index (χ3n) is 2.63. The molecule has 84 valence electrons. The van der Waals surface area contributed by atoms with Crippen molar-refractivity contribution in [1.82, 2.24) is 5.32 Å². The molecule has 0 radical (unpaired) electrons. The van der Waals surface area contributed by atoms with E-state index in [4.69, 9.17) is 9.47 Å². The largest absolute Gasteiger partial charge is 0.383 e. The highest BCUT2D eigenvalue weighted by atomic mass is 16.5. The second kappa shape index (κ2) is 6.38. The molecule has 0 spiro atoms. The van der Waals surface area contributed by atoms with Gasteiger partial charge in [-0.2, -0.15) is 0 Å². The average Bonchev–Trinajstić information content (AvgIpc) is 2.56. The lowest BCUT2D eigenvalue weighted by atomic mass is 10.1. The lowest BCUT2D eigenvalue weighted by Crippen LogP contribution is -2.39. The number of methoxy groups -OCH3 is 1. The van der Waals surface area contributed by atoms with E-state index in [1.54, 1.807) is 7.11 Å². The average molecular weight is 201 g/mol. The van der Waals surface area contributed by atoms with Crippen molar-refractivity contribution in [3.63, 3.8) is 0 Å². The molecule has 0 aromatic carbocycles. The Morgan fingerprint density at radius 1 is 1.43 bits per heavy atom. The molecule has 1 aliphatic heterocycles. The van der Waals surface area contributed by atoms with Crippen LogP contribution in [0.4, 0.5) is 0 Å². The Balaban J connectivity index is 2.10. The molecule has 1 N–H and O–H groups in total. The van der Waals surface area contributed by atoms with E-state index >= 15 is 0 Å². The van der Waals surface area contributed by atoms with Gasteiger partial charge in [0, 0.05) is 25.8 Å². The quantitative estimate of drug-likeness (QED) is 0.707. The van der Waals surface area contributed by atoms with E-state index in [0.717, 1.165) is 19.6 Å². The van der Waals surface area contributed by atoms with Crippen molar-refractivity contribution in [2.75, 3.05) is 20.3 Å². The van der Waals surface area contributed by atoms with E-state index in [2.05, 4.69) is 19.2 Å². The van der Waals surface area contributed by atoms with Crippen LogP contribution in [0.3, 0.4) is 0 Å². The minimum atomic E-state index is 0.427. The number of hydrogen-bond donors (Lipinski definition) is 1. The molecule has 1 rings (SSSR count). The van der Waals surface area contributed by atoms with Crippen LogP contribution in [0, 0.1) is 0 Å². The Kier molecular flexibility index (Phi) is 5.45. The number of hydrogen-bond acceptors (Lipinski definition) is 3. The van der Waals surface area contributed by atoms with E-state index in [1.165, 1.54) is 12.8 Å². The molecule has 1 saturated heterocycles. The van der Waals surface area contributed by atoms with Crippen molar-refractivity contribution >= 4 is 0 Å². The van der Waals surface area contributed by atoms with E-state index < -0.39 is 0 Å². The molecule has 0 aromatic rings. The van der Waals surface area contributed by atoms with Crippen LogP contribution < -0.4 is 5.32 Å². The zero-order valence-corrected chi connectivity index (χ0v) is 9.58. The van der Waals surface area contributed by atoms with Crippen molar-refractivity contribution in [1.29, 1.82) is 0 Å². The fraction of sp³-hybridized carbons (Fsp3) is 1.00. The van der Waals surface area contributed by atoms with Gasteiger partial charge in [0.2, 0.25) is 0 Å². The fourth-order valence-electron chi connectivity index (χ4n) is 2.08. The second-order valence-electron chi connectivity index (χ2n) is 4.29. The molecule has 3 atom stereocenters. The molecule has 3 nitrogen and oxygen atoms in total. The van der Waals surface area contributed by atoms with E-state index in [1.807, 2.05) is 0 Å². The van der Waals surface area contributed by atoms with Gasteiger partial charge in [0.15, 0.2) is 0 Å². The van der Waals surface area contributed by atoms with Crippen LogP contribution in [-0.2, 0) is 9.47 Å². The third kappa shape index (κ3) is 4.40. The van der Waals surface area contributed by atoms with Crippen LogP contribution in [0.25, 0.3) is 0 Å². The summed E-state index contributed by atoms with van der Waals surface area (Å²) in [7, 11) is 1.74. The Morgan fingerprint density at radius 3 is 2.79 bits per heavy atom. The molecule has 1 heterocycles. The molecule has 0 bridgehead atoms. The molecule has 3 unspecified atom stereocenters. The van der Waals surface area contributed by atoms with Gasteiger partial charge in [0.05, 0.1) is 12.7 Å². The molecule has 0 aromatic heterocycles. The third-order valence-corrected chi connectivity index (χ3v) is 2.63. The second-order valence-corrected chi connectivity index (χ2v) is 4.29. The lowest BCUT2D eigenvalue weighted by Gasteiger charge is -2.21. The monoisotopic (exact) mass is 201 g/mol. The highest BCUT2D eigenvalue weighted by Gasteiger charge is 2.18. The maximum absolute atomic E-state index is 5.59. The van der Waals surface area contributed by atoms with Crippen LogP contribution in [0.1, 0.15) is 33.1 Å². The summed E-state index contributed by atoms with van der Waals surface area (Å²) < 4.78 is 10.7. The standard InChI is InChI=1S/C11H23NO2/c1-9(12-10(2)8-13-3)7-11-5-4-6-14-11/h9-12H,4-8H2,1-3H3. The summed E-state index contributed by atoms with van der Waals surface area (Å²) in [4.78, 5) is 0. The van der Waals surface area contributed by atoms with E-state index in [0.29, 0.717) is 18.2 Å². The first-order chi connectivity index (χ1) is 6.72. The van der Waals surface area contributed by atoms with Gasteiger partial charge in [-0.25, -0.2) is 0 Å². The highest BCUT2D eigenvalue weighted by Crippen LogP contribution is 2.16. The summed E-state index contributed by atoms with van der Waals surface area (Å²) in [6.07, 6.45) is 4.05. The fourth-order valence-corrected chi connectivity index (χ4v) is 2.08. The summed E-state index contributed by atoms with van der Waals surface area (Å²) in [6, 6.07) is 0.944. The maximum atomic E-state index is 5.59. The zero-order valence-electron chi connectivity index (χ0n) is 9.58. The van der Waals surface area contributed by atoms with Gasteiger partial charge in [-0.3, -0.25) is 0 Å². The maximum Gasteiger partial charge on any atom is 0.0613 e. The molecule has 0 aliphatic carbocycles. The smallest absolute Gasteiger partial charge is 0.0613 e. The first-order valence-corrected chi connectivity index (χ1v) is 5.59. The van der Waals surface area contributed by atoms with Crippen LogP contribution in [0.5, 0.6) is 0 Å². The Morgan fingerprint density at radius 2 is 2.21 bits per heavy atom. The molecule has 0 saturated carbocycles. The van der Waals surface area contributed by atoms with Gasteiger partial charge in [-0.15, -0.1) is 0 Å². The van der Waals surface area contributed by atoms with Crippen LogP contribution in [0.2, 0.25) is 0 Å². The summed E-state index contributed by atoms with van der Waals surface area (Å²) >= 11 is 0. The van der Waals surface area contributed by atoms with Crippen LogP contribution in [-0.4, -0.2) is 38.5 Å². The topological polar surface area (TPSA) is 30.5 Å². The Bertz CT molecular complexity index is 146. The van der Waals surface area contributed by atoms with Gasteiger partial charge < -0.3 is 14.8 Å². The van der Waals surface area contributed by atoms with Crippen LogP contribution in [0.15, 0.2) is 0 Å². The number of rotatable bonds is 6. The van der Waals surface area contributed by atoms with Crippen molar-refractivity contribution in [3.05, 3.63) is 0 Å². The number of ether oxygens (including phenoxy) is 2. The van der Waals surface area contributed by atoms with Crippen molar-refractivity contribution < 1.29 is 9.47 Å². The van der Waals surface area contributed by atoms with Gasteiger partial charge in [-0.1, -0.05) is 0 Å². The van der Waals surface area contributed by atoms with E-state index in [-0.39, 0.29) is 0 Å². The summed E-state index contributed by atoms with van der Waals surface area (Å²) in [5.74, 6) is 0. The molecular weight excluding hydrogens is 178 g/mol. The van der Waals surface area contributed by atoms with Crippen molar-refractivity contribution in [3.8, 4) is 0 Å². The SMILES string of the molecule is COCC(C)NC(C)CC1CCCO1. The van der Waals surface area contributed by atoms with Crippen molar-refractivity contribution in [2.45, 2.75) is 51.3 Å². The molecule has 3 heteroatoms. The Labute approximate surface area is 87.2 Å². The van der Waals surface area contributed by atoms with E-state index in [9.17, 15) is 0 Å². The van der Waals surface area contributed by atoms with Gasteiger partial charge in [0.25, 0.3) is 0 Å². The number of nitrogens with one attached hydrogen (secondary N) is 1. The van der Waals surface area contributed by atoms with Crippen LogP contribution >= 0.6 is 0 Å². The van der Waals surface area contributed by atoms with Gasteiger partial charge in [0.1, 0.15) is 0 Å². The normalized spacial score (nSPS) is 26.4. The highest BCUT2D eigenvalue weighted by molar-refractivity contribution is 4.74. The summed E-state index contributed by atoms with van der Waals surface area (Å²) in [5, 5.41) is 3.50. The predicted molar refractivity (Wildman–Crippen MR) is 57.5 cm³/mol. The molecule has 0 amide bonds. The molecule has 14 heavy (non-hydrogen) atoms. The first-order valence-electron chi connectivity index (χ1n) is 5.59. The van der Waals surface area contributed by atoms with Crippen molar-refractivity contribution in [2.24, 2.45) is 0 Å². The molecule has 1 fully saturated rings. The zero-order chi connectivity index (χ0) is 10.4. The first kappa shape index (κ1) is 12.0. The summed E-state index contributed by atoms with van der Waals surface area (Å²) in [6.45, 7) is 6.09. The molecular formula is C11H23NO2. The lowest BCUT2D eigenvalue weighted by molar-refractivity contribution is 0.0921. The minimum Gasteiger partial charge on any atom is -0.383 e. The Hall–Kier alpha value is -0.120. The van der Waals surface area contributed by atoms with Gasteiger partial charge >= 0.3 is 0 Å². The predicted octanol–water partition coefficient (Wildman–Crippen LogP) is 1.57. The van der Waals surface area contributed by atoms with Gasteiger partial charge in [-0.05, 0) is 33.1 Å². The summed E-state index contributed by atoms with van der Waals surface area (Å²) in [5.41, 5.74) is 0. The minimum absolute atomic E-state index is 0.427.